The molecule has 0 bridgehead atoms. The molecule has 0 radical (unpaired) electrons. The number of rotatable bonds is 8. The minimum atomic E-state index is -3.80. The molecule has 0 spiro atoms. The van der Waals surface area contributed by atoms with E-state index in [0.717, 1.165) is 46.3 Å². The number of ether oxygens (including phenoxy) is 1. The number of nitrogens with zero attached hydrogens (tertiary/aromatic N) is 4. The van der Waals surface area contributed by atoms with Gasteiger partial charge >= 0.3 is 296 Å². The molecule has 2 heterocycles. The SMILES string of the molecule is CC[N+]1(C)CCN(CC2CN(c3c(C)cc(C)cc3C)[C](=[Ru]([Cl])([Cl])=[CH]c3ccccc3OC(C)C)N2c2c(C)cc(C)cc2C)CC1.[Cl-]. The molecule has 5 rings (SSSR count). The molecule has 2 aliphatic heterocycles. The van der Waals surface area contributed by atoms with Gasteiger partial charge in [-0.25, -0.2) is 0 Å². The van der Waals surface area contributed by atoms with Crippen LogP contribution in [0.4, 0.5) is 11.4 Å². The van der Waals surface area contributed by atoms with Gasteiger partial charge in [-0.05, 0) is 0 Å². The number of piperazine rings is 1. The van der Waals surface area contributed by atoms with E-state index in [9.17, 15) is 0 Å². The molecule has 1 unspecified atom stereocenters. The van der Waals surface area contributed by atoms with Crippen LogP contribution in [0.3, 0.4) is 0 Å². The molecule has 3 aromatic rings. The number of hydrogen-bond donors (Lipinski definition) is 0. The second-order valence-corrected chi connectivity index (χ2v) is 23.6. The fourth-order valence-electron chi connectivity index (χ4n) is 7.52. The van der Waals surface area contributed by atoms with Crippen LogP contribution in [-0.4, -0.2) is 83.4 Å². The smallest absolute Gasteiger partial charge is 1.00 e. The number of anilines is 2. The Bertz CT molecular complexity index is 1700. The van der Waals surface area contributed by atoms with E-state index in [1.165, 1.54) is 64.4 Å². The standard InChI is InChI=1S/C29H43N4.C10H12O.3ClH.Ru/c1-9-33(8)12-10-30(11-13-33)18-27-19-31(28-23(4)14-21(2)15-24(28)5)20-32(27)29-25(6)16-22(3)17-26(29)7;1-8(2)11-10-7-5-4-6-9(10)3;;;;/h14-17,27H,9-13,18-19H2,1-8H3;3-8H,1-2H3;3*1H;/q+1;;;;;+2/p-3. The molecule has 1 atom stereocenters. The maximum absolute atomic E-state index is 7.90. The molecule has 266 valence electrons. The number of quaternary nitrogens is 1. The number of halogens is 3. The van der Waals surface area contributed by atoms with Gasteiger partial charge in [-0.15, -0.1) is 0 Å². The van der Waals surface area contributed by atoms with Crippen molar-refractivity contribution in [1.29, 1.82) is 0 Å². The molecule has 0 saturated carbocycles. The number of likely N-dealkylation sites (N-methyl/N-ethyl adjacent to an activating group) is 1. The van der Waals surface area contributed by atoms with Crippen molar-refractivity contribution >= 4 is 39.7 Å². The topological polar surface area (TPSA) is 19.0 Å². The number of hydrogen-bond acceptors (Lipinski definition) is 4. The van der Waals surface area contributed by atoms with Crippen LogP contribution >= 0.6 is 19.4 Å². The zero-order chi connectivity index (χ0) is 34.3. The summed E-state index contributed by atoms with van der Waals surface area (Å²) < 4.78 is 10.6. The summed E-state index contributed by atoms with van der Waals surface area (Å²) in [7, 11) is 18.2. The molecule has 3 aromatic carbocycles. The number of benzene rings is 3. The van der Waals surface area contributed by atoms with E-state index in [1.807, 2.05) is 18.2 Å². The maximum atomic E-state index is 7.90. The maximum Gasteiger partial charge on any atom is -1.00 e. The van der Waals surface area contributed by atoms with Gasteiger partial charge in [-0.3, -0.25) is 0 Å². The third-order valence-corrected chi connectivity index (χ3v) is 15.2. The first kappa shape index (κ1) is 39.0. The van der Waals surface area contributed by atoms with Gasteiger partial charge in [0.2, 0.25) is 0 Å². The van der Waals surface area contributed by atoms with Crippen molar-refractivity contribution in [3.63, 3.8) is 0 Å². The number of para-hydroxylation sites is 1. The Morgan fingerprint density at radius 3 is 1.92 bits per heavy atom. The average molecular weight is 803 g/mol. The summed E-state index contributed by atoms with van der Waals surface area (Å²) >= 11 is -3.80. The fourth-order valence-corrected chi connectivity index (χ4v) is 13.5. The zero-order valence-electron chi connectivity index (χ0n) is 30.5. The van der Waals surface area contributed by atoms with Crippen LogP contribution in [-0.2, 0) is 11.9 Å². The summed E-state index contributed by atoms with van der Waals surface area (Å²) in [6.07, 6.45) is 0.0416. The van der Waals surface area contributed by atoms with Crippen LogP contribution in [0, 0.1) is 41.5 Å². The average Bonchev–Trinajstić information content (AvgIpc) is 3.32. The summed E-state index contributed by atoms with van der Waals surface area (Å²) in [4.78, 5) is 7.74. The monoisotopic (exact) mass is 802 g/mol. The van der Waals surface area contributed by atoms with Gasteiger partial charge in [0.25, 0.3) is 0 Å². The van der Waals surface area contributed by atoms with E-state index in [0.29, 0.717) is 0 Å². The first-order valence-corrected chi connectivity index (χ1v) is 23.4. The molecule has 5 nitrogen and oxygen atoms in total. The molecule has 9 heteroatoms. The van der Waals surface area contributed by atoms with Gasteiger partial charge < -0.3 is 12.4 Å². The number of aryl methyl sites for hydroxylation is 6. The Kier molecular flexibility index (Phi) is 12.7. The second kappa shape index (κ2) is 15.6. The first-order chi connectivity index (χ1) is 22.1. The van der Waals surface area contributed by atoms with Crippen molar-refractivity contribution < 1.29 is 33.5 Å². The summed E-state index contributed by atoms with van der Waals surface area (Å²) in [6, 6.07) is 17.5. The predicted octanol–water partition coefficient (Wildman–Crippen LogP) is 5.21. The molecule has 0 aliphatic carbocycles. The Morgan fingerprint density at radius 2 is 1.40 bits per heavy atom. The molecule has 2 saturated heterocycles. The van der Waals surface area contributed by atoms with Gasteiger partial charge in [-0.2, -0.15) is 0 Å². The van der Waals surface area contributed by atoms with E-state index in [4.69, 9.17) is 24.1 Å². The van der Waals surface area contributed by atoms with E-state index >= 15 is 0 Å². The molecule has 0 aromatic heterocycles. The van der Waals surface area contributed by atoms with Crippen LogP contribution in [0.15, 0.2) is 48.5 Å². The predicted molar refractivity (Wildman–Crippen MR) is 202 cm³/mol. The van der Waals surface area contributed by atoms with Crippen molar-refractivity contribution in [2.45, 2.75) is 74.5 Å². The molecule has 0 amide bonds. The molecule has 48 heavy (non-hydrogen) atoms. The Hall–Kier alpha value is -1.79. The Morgan fingerprint density at radius 1 is 0.875 bits per heavy atom. The minimum Gasteiger partial charge on any atom is -1.00 e. The van der Waals surface area contributed by atoms with E-state index in [1.54, 1.807) is 0 Å². The summed E-state index contributed by atoms with van der Waals surface area (Å²) in [5.41, 5.74) is 11.0. The van der Waals surface area contributed by atoms with Gasteiger partial charge in [0.15, 0.2) is 0 Å². The van der Waals surface area contributed by atoms with Crippen molar-refractivity contribution in [3.05, 3.63) is 87.5 Å². The van der Waals surface area contributed by atoms with E-state index in [-0.39, 0.29) is 24.6 Å². The molecular weight excluding hydrogens is 748 g/mol. The van der Waals surface area contributed by atoms with Gasteiger partial charge in [0.1, 0.15) is 0 Å². The summed E-state index contributed by atoms with van der Waals surface area (Å²) in [6.45, 7) is 27.2. The zero-order valence-corrected chi connectivity index (χ0v) is 34.5. The second-order valence-electron chi connectivity index (χ2n) is 14.3. The van der Waals surface area contributed by atoms with Crippen LogP contribution in [0.2, 0.25) is 0 Å². The third-order valence-electron chi connectivity index (χ3n) is 9.82. The van der Waals surface area contributed by atoms with Crippen LogP contribution in [0.5, 0.6) is 5.75 Å². The summed E-state index contributed by atoms with van der Waals surface area (Å²) in [5, 5.41) is 0. The first-order valence-electron chi connectivity index (χ1n) is 17.0. The van der Waals surface area contributed by atoms with Crippen molar-refractivity contribution in [2.24, 2.45) is 0 Å². The Labute approximate surface area is 306 Å². The van der Waals surface area contributed by atoms with Crippen LogP contribution in [0.1, 0.15) is 59.7 Å². The molecule has 0 N–H and O–H groups in total. The van der Waals surface area contributed by atoms with E-state index in [2.05, 4.69) is 119 Å². The normalized spacial score (nSPS) is 18.7. The fraction of sp³-hybridized carbons (Fsp3) is 0.487. The van der Waals surface area contributed by atoms with E-state index < -0.39 is 11.9 Å². The van der Waals surface area contributed by atoms with Gasteiger partial charge in [0.05, 0.1) is 0 Å². The Balaban J connectivity index is 0.00000520. The quantitative estimate of drug-likeness (QED) is 0.231. The molecular formula is C39H55Cl3N4ORu. The largest absolute Gasteiger partial charge is 1.00 e. The molecule has 2 aliphatic rings. The van der Waals surface area contributed by atoms with Crippen LogP contribution in [0.25, 0.3) is 0 Å². The molecule has 2 fully saturated rings. The van der Waals surface area contributed by atoms with Crippen LogP contribution < -0.4 is 26.9 Å². The van der Waals surface area contributed by atoms with Crippen molar-refractivity contribution in [2.75, 3.05) is 62.7 Å². The minimum absolute atomic E-state index is 0. The van der Waals surface area contributed by atoms with Gasteiger partial charge in [-0.1, -0.05) is 0 Å². The summed E-state index contributed by atoms with van der Waals surface area (Å²) in [5.74, 6) is 0.818. The van der Waals surface area contributed by atoms with Crippen molar-refractivity contribution in [1.82, 2.24) is 4.90 Å². The van der Waals surface area contributed by atoms with Gasteiger partial charge in [0, 0.05) is 0 Å². The third kappa shape index (κ3) is 8.39. The van der Waals surface area contributed by atoms with Crippen molar-refractivity contribution in [3.8, 4) is 5.75 Å².